The highest BCUT2D eigenvalue weighted by atomic mass is 32.2. The number of nitrogens with one attached hydrogen (secondary N) is 1. The van der Waals surface area contributed by atoms with Gasteiger partial charge < -0.3 is 5.32 Å². The van der Waals surface area contributed by atoms with E-state index in [0.717, 1.165) is 53.3 Å². The summed E-state index contributed by atoms with van der Waals surface area (Å²) >= 11 is 1.67. The summed E-state index contributed by atoms with van der Waals surface area (Å²) in [5.74, 6) is 1.00. The Bertz CT molecular complexity index is 1100. The number of carbonyl (C=O) groups is 1. The van der Waals surface area contributed by atoms with Gasteiger partial charge in [0.2, 0.25) is 0 Å². The molecule has 152 valence electrons. The molecule has 0 radical (unpaired) electrons. The van der Waals surface area contributed by atoms with E-state index in [4.69, 9.17) is 5.26 Å². The van der Waals surface area contributed by atoms with Gasteiger partial charge in [0, 0.05) is 29.3 Å². The number of benzene rings is 2. The number of hydrogen-bond acceptors (Lipinski definition) is 4. The van der Waals surface area contributed by atoms with Crippen LogP contribution in [0, 0.1) is 17.1 Å². The fourth-order valence-corrected chi connectivity index (χ4v) is 4.54. The van der Waals surface area contributed by atoms with E-state index < -0.39 is 0 Å². The summed E-state index contributed by atoms with van der Waals surface area (Å²) in [7, 11) is 0. The Balaban J connectivity index is 1.37. The van der Waals surface area contributed by atoms with Crippen LogP contribution < -0.4 is 5.32 Å². The summed E-state index contributed by atoms with van der Waals surface area (Å²) in [6, 6.07) is 15.9. The molecule has 3 aromatic rings. The van der Waals surface area contributed by atoms with Gasteiger partial charge in [-0.2, -0.15) is 22.1 Å². The lowest BCUT2D eigenvalue weighted by molar-refractivity contribution is 0.0950. The summed E-state index contributed by atoms with van der Waals surface area (Å²) in [5.41, 5.74) is 4.96. The molecular formula is C23H21FN4OS. The van der Waals surface area contributed by atoms with Gasteiger partial charge in [-0.1, -0.05) is 18.2 Å². The standard InChI is InChI=1S/C23H21FN4OS/c24-18-8-10-19(11-9-18)28-21-7-3-6-20(21)22(27-28)23(29)26-12-13-30-15-17-5-2-1-4-16(17)14-25/h1-2,4-5,8-11H,3,6-7,12-13,15H2,(H,26,29). The molecule has 1 amide bonds. The van der Waals surface area contributed by atoms with Crippen molar-refractivity contribution >= 4 is 17.7 Å². The third-order valence-corrected chi connectivity index (χ3v) is 6.15. The summed E-state index contributed by atoms with van der Waals surface area (Å²) in [4.78, 5) is 12.7. The molecule has 0 spiro atoms. The van der Waals surface area contributed by atoms with Gasteiger partial charge in [0.1, 0.15) is 5.82 Å². The first kappa shape index (κ1) is 20.2. The van der Waals surface area contributed by atoms with E-state index >= 15 is 0 Å². The molecule has 0 saturated heterocycles. The first-order valence-electron chi connectivity index (χ1n) is 9.88. The highest BCUT2D eigenvalue weighted by molar-refractivity contribution is 7.98. The zero-order valence-electron chi connectivity index (χ0n) is 16.4. The van der Waals surface area contributed by atoms with Crippen molar-refractivity contribution in [2.45, 2.75) is 25.0 Å². The average molecular weight is 421 g/mol. The molecular weight excluding hydrogens is 399 g/mol. The van der Waals surface area contributed by atoms with Gasteiger partial charge in [0.25, 0.3) is 5.91 Å². The molecule has 1 aliphatic rings. The second-order valence-corrected chi connectivity index (χ2v) is 8.20. The van der Waals surface area contributed by atoms with Crippen molar-refractivity contribution in [1.29, 1.82) is 5.26 Å². The minimum Gasteiger partial charge on any atom is -0.350 e. The first-order valence-corrected chi connectivity index (χ1v) is 11.0. The van der Waals surface area contributed by atoms with Crippen LogP contribution in [0.1, 0.15) is 39.3 Å². The molecule has 5 nitrogen and oxygen atoms in total. The number of rotatable bonds is 7. The van der Waals surface area contributed by atoms with Crippen LogP contribution in [-0.4, -0.2) is 28.0 Å². The fraction of sp³-hybridized carbons (Fsp3) is 0.261. The number of hydrogen-bond donors (Lipinski definition) is 1. The van der Waals surface area contributed by atoms with Crippen LogP contribution in [0.15, 0.2) is 48.5 Å². The molecule has 1 N–H and O–H groups in total. The summed E-state index contributed by atoms with van der Waals surface area (Å²) in [5, 5.41) is 16.6. The van der Waals surface area contributed by atoms with Gasteiger partial charge >= 0.3 is 0 Å². The van der Waals surface area contributed by atoms with Crippen molar-refractivity contribution < 1.29 is 9.18 Å². The highest BCUT2D eigenvalue weighted by Gasteiger charge is 2.26. The van der Waals surface area contributed by atoms with Gasteiger partial charge in [-0.05, 0) is 55.2 Å². The van der Waals surface area contributed by atoms with E-state index in [1.165, 1.54) is 12.1 Å². The minimum absolute atomic E-state index is 0.174. The molecule has 2 aromatic carbocycles. The molecule has 0 unspecified atom stereocenters. The predicted octanol–water partition coefficient (Wildman–Crippen LogP) is 4.03. The molecule has 1 aromatic heterocycles. The van der Waals surface area contributed by atoms with Crippen molar-refractivity contribution in [2.75, 3.05) is 12.3 Å². The topological polar surface area (TPSA) is 70.7 Å². The first-order chi connectivity index (χ1) is 14.7. The number of halogens is 1. The van der Waals surface area contributed by atoms with E-state index in [2.05, 4.69) is 16.5 Å². The minimum atomic E-state index is -0.296. The van der Waals surface area contributed by atoms with Crippen LogP contribution in [0.25, 0.3) is 5.69 Å². The van der Waals surface area contributed by atoms with Crippen LogP contribution in [0.3, 0.4) is 0 Å². The van der Waals surface area contributed by atoms with Crippen molar-refractivity contribution in [3.8, 4) is 11.8 Å². The van der Waals surface area contributed by atoms with E-state index in [0.29, 0.717) is 17.8 Å². The summed E-state index contributed by atoms with van der Waals surface area (Å²) in [6.07, 6.45) is 2.68. The van der Waals surface area contributed by atoms with E-state index in [1.807, 2.05) is 24.3 Å². The van der Waals surface area contributed by atoms with Crippen LogP contribution >= 0.6 is 11.8 Å². The van der Waals surface area contributed by atoms with Crippen LogP contribution in [0.5, 0.6) is 0 Å². The molecule has 0 saturated carbocycles. The Labute approximate surface area is 178 Å². The van der Waals surface area contributed by atoms with Gasteiger partial charge in [0.05, 0.1) is 17.3 Å². The molecule has 0 fully saturated rings. The molecule has 1 heterocycles. The van der Waals surface area contributed by atoms with E-state index in [1.54, 1.807) is 28.6 Å². The lowest BCUT2D eigenvalue weighted by Crippen LogP contribution is -2.27. The molecule has 30 heavy (non-hydrogen) atoms. The quantitative estimate of drug-likeness (QED) is 0.586. The van der Waals surface area contributed by atoms with Crippen molar-refractivity contribution in [3.63, 3.8) is 0 Å². The maximum atomic E-state index is 13.3. The Morgan fingerprint density at radius 1 is 1.20 bits per heavy atom. The summed E-state index contributed by atoms with van der Waals surface area (Å²) in [6.45, 7) is 0.524. The molecule has 0 aliphatic heterocycles. The number of aromatic nitrogens is 2. The maximum absolute atomic E-state index is 13.3. The number of amides is 1. The second-order valence-electron chi connectivity index (χ2n) is 7.09. The Kier molecular flexibility index (Phi) is 6.15. The third kappa shape index (κ3) is 4.24. The SMILES string of the molecule is N#Cc1ccccc1CSCCNC(=O)c1nn(-c2ccc(F)cc2)c2c1CCC2. The average Bonchev–Trinajstić information content (AvgIpc) is 3.37. The van der Waals surface area contributed by atoms with Crippen LogP contribution in [0.2, 0.25) is 0 Å². The van der Waals surface area contributed by atoms with Gasteiger partial charge in [-0.3, -0.25) is 4.79 Å². The maximum Gasteiger partial charge on any atom is 0.272 e. The van der Waals surface area contributed by atoms with Crippen LogP contribution in [0.4, 0.5) is 4.39 Å². The van der Waals surface area contributed by atoms with Crippen molar-refractivity contribution in [3.05, 3.63) is 82.4 Å². The third-order valence-electron chi connectivity index (χ3n) is 5.14. The predicted molar refractivity (Wildman–Crippen MR) is 115 cm³/mol. The Morgan fingerprint density at radius 2 is 2.00 bits per heavy atom. The fourth-order valence-electron chi connectivity index (χ4n) is 3.67. The van der Waals surface area contributed by atoms with Crippen LogP contribution in [-0.2, 0) is 18.6 Å². The lowest BCUT2D eigenvalue weighted by atomic mass is 10.1. The Hall–Kier alpha value is -3.11. The molecule has 7 heteroatoms. The molecule has 0 bridgehead atoms. The van der Waals surface area contributed by atoms with Crippen molar-refractivity contribution in [2.24, 2.45) is 0 Å². The van der Waals surface area contributed by atoms with Gasteiger partial charge in [-0.15, -0.1) is 0 Å². The second kappa shape index (κ2) is 9.14. The van der Waals surface area contributed by atoms with Crippen molar-refractivity contribution in [1.82, 2.24) is 15.1 Å². The number of nitriles is 1. The van der Waals surface area contributed by atoms with E-state index in [9.17, 15) is 9.18 Å². The number of fused-ring (bicyclic) bond motifs is 1. The molecule has 4 rings (SSSR count). The number of nitrogens with zero attached hydrogens (tertiary/aromatic N) is 3. The smallest absolute Gasteiger partial charge is 0.272 e. The summed E-state index contributed by atoms with van der Waals surface area (Å²) < 4.78 is 15.0. The normalized spacial score (nSPS) is 12.4. The number of thioether (sulfide) groups is 1. The molecule has 0 atom stereocenters. The number of carbonyl (C=O) groups excluding carboxylic acids is 1. The zero-order chi connectivity index (χ0) is 20.9. The molecule has 1 aliphatic carbocycles. The lowest BCUT2D eigenvalue weighted by Gasteiger charge is -2.06. The van der Waals surface area contributed by atoms with Gasteiger partial charge in [0.15, 0.2) is 5.69 Å². The Morgan fingerprint density at radius 3 is 2.80 bits per heavy atom. The monoisotopic (exact) mass is 420 g/mol. The zero-order valence-corrected chi connectivity index (χ0v) is 17.2. The highest BCUT2D eigenvalue weighted by Crippen LogP contribution is 2.28. The van der Waals surface area contributed by atoms with Gasteiger partial charge in [-0.25, -0.2) is 9.07 Å². The largest absolute Gasteiger partial charge is 0.350 e. The van der Waals surface area contributed by atoms with E-state index in [-0.39, 0.29) is 11.7 Å².